The third-order valence-electron chi connectivity index (χ3n) is 2.75. The molecule has 72 valence electrons. The molecule has 1 aliphatic carbocycles. The Balaban J connectivity index is 2.30. The van der Waals surface area contributed by atoms with Crippen molar-refractivity contribution < 1.29 is 5.11 Å². The first kappa shape index (κ1) is 9.16. The molecule has 0 aliphatic heterocycles. The number of thiazole rings is 1. The number of aliphatic hydroxyl groups is 1. The molecule has 1 N–H and O–H groups in total. The number of aromatic nitrogens is 1. The summed E-state index contributed by atoms with van der Waals surface area (Å²) in [5.41, 5.74) is 1.27. The van der Waals surface area contributed by atoms with E-state index in [1.165, 1.54) is 17.0 Å². The van der Waals surface area contributed by atoms with Crippen LogP contribution in [-0.4, -0.2) is 10.1 Å². The quantitative estimate of drug-likeness (QED) is 0.789. The maximum Gasteiger partial charge on any atom is 0.119 e. The molecule has 0 saturated carbocycles. The Labute approximate surface area is 82.6 Å². The van der Waals surface area contributed by atoms with Crippen molar-refractivity contribution in [3.05, 3.63) is 15.6 Å². The Morgan fingerprint density at radius 1 is 1.62 bits per heavy atom. The Morgan fingerprint density at radius 2 is 2.38 bits per heavy atom. The van der Waals surface area contributed by atoms with Gasteiger partial charge in [-0.3, -0.25) is 0 Å². The number of aryl methyl sites for hydroxylation is 1. The fourth-order valence-electron chi connectivity index (χ4n) is 2.02. The number of hydrogen-bond donors (Lipinski definition) is 1. The Kier molecular flexibility index (Phi) is 2.39. The van der Waals surface area contributed by atoms with Crippen molar-refractivity contribution in [1.29, 1.82) is 0 Å². The van der Waals surface area contributed by atoms with Gasteiger partial charge in [0.05, 0.1) is 12.3 Å². The summed E-state index contributed by atoms with van der Waals surface area (Å²) in [6, 6.07) is 0. The van der Waals surface area contributed by atoms with Gasteiger partial charge < -0.3 is 5.11 Å². The summed E-state index contributed by atoms with van der Waals surface area (Å²) >= 11 is 1.68. The maximum atomic E-state index is 8.97. The zero-order valence-electron chi connectivity index (χ0n) is 8.08. The SMILES string of the molecule is CC(C)C1CCc2sc(CO)nc21. The van der Waals surface area contributed by atoms with Gasteiger partial charge in [0.15, 0.2) is 0 Å². The molecular weight excluding hydrogens is 182 g/mol. The van der Waals surface area contributed by atoms with E-state index in [1.54, 1.807) is 11.3 Å². The minimum absolute atomic E-state index is 0.0997. The Bertz CT molecular complexity index is 306. The summed E-state index contributed by atoms with van der Waals surface area (Å²) in [4.78, 5) is 5.89. The van der Waals surface area contributed by atoms with E-state index < -0.39 is 0 Å². The van der Waals surface area contributed by atoms with Crippen molar-refractivity contribution in [2.24, 2.45) is 5.92 Å². The second-order valence-electron chi connectivity index (χ2n) is 3.96. The van der Waals surface area contributed by atoms with Crippen molar-refractivity contribution in [2.75, 3.05) is 0 Å². The zero-order chi connectivity index (χ0) is 9.42. The summed E-state index contributed by atoms with van der Waals surface area (Å²) in [5.74, 6) is 1.31. The average molecular weight is 197 g/mol. The van der Waals surface area contributed by atoms with E-state index in [-0.39, 0.29) is 6.61 Å². The highest BCUT2D eigenvalue weighted by molar-refractivity contribution is 7.11. The lowest BCUT2D eigenvalue weighted by atomic mass is 9.94. The van der Waals surface area contributed by atoms with Crippen LogP contribution in [0.15, 0.2) is 0 Å². The largest absolute Gasteiger partial charge is 0.389 e. The molecule has 0 saturated heterocycles. The fraction of sp³-hybridized carbons (Fsp3) is 0.700. The molecule has 1 aromatic heterocycles. The summed E-state index contributed by atoms with van der Waals surface area (Å²) in [6.45, 7) is 4.60. The molecule has 13 heavy (non-hydrogen) atoms. The lowest BCUT2D eigenvalue weighted by Gasteiger charge is -2.12. The lowest BCUT2D eigenvalue weighted by molar-refractivity contribution is 0.280. The van der Waals surface area contributed by atoms with Crippen LogP contribution < -0.4 is 0 Å². The number of rotatable bonds is 2. The molecule has 1 unspecified atom stereocenters. The van der Waals surface area contributed by atoms with E-state index in [9.17, 15) is 0 Å². The molecule has 1 aromatic rings. The van der Waals surface area contributed by atoms with Crippen molar-refractivity contribution in [1.82, 2.24) is 4.98 Å². The van der Waals surface area contributed by atoms with Gasteiger partial charge >= 0.3 is 0 Å². The predicted octanol–water partition coefficient (Wildman–Crippen LogP) is 2.32. The average Bonchev–Trinajstić information content (AvgIpc) is 2.59. The first-order valence-corrected chi connectivity index (χ1v) is 5.63. The molecule has 3 heteroatoms. The van der Waals surface area contributed by atoms with Gasteiger partial charge in [0.2, 0.25) is 0 Å². The standard InChI is InChI=1S/C10H15NOS/c1-6(2)7-3-4-8-10(7)11-9(5-12)13-8/h6-7,12H,3-5H2,1-2H3. The molecule has 1 atom stereocenters. The van der Waals surface area contributed by atoms with Crippen LogP contribution in [0.3, 0.4) is 0 Å². The first-order valence-electron chi connectivity index (χ1n) is 4.81. The molecule has 0 spiro atoms. The third kappa shape index (κ3) is 1.51. The van der Waals surface area contributed by atoms with E-state index >= 15 is 0 Å². The molecular formula is C10H15NOS. The number of hydrogen-bond acceptors (Lipinski definition) is 3. The van der Waals surface area contributed by atoms with Gasteiger partial charge in [-0.1, -0.05) is 13.8 Å². The molecule has 0 bridgehead atoms. The molecule has 2 rings (SSSR count). The van der Waals surface area contributed by atoms with E-state index in [4.69, 9.17) is 5.11 Å². The van der Waals surface area contributed by atoms with Gasteiger partial charge in [0.1, 0.15) is 5.01 Å². The van der Waals surface area contributed by atoms with Crippen LogP contribution in [0.4, 0.5) is 0 Å². The second kappa shape index (κ2) is 3.39. The van der Waals surface area contributed by atoms with Crippen LogP contribution in [0.25, 0.3) is 0 Å². The molecule has 0 radical (unpaired) electrons. The maximum absolute atomic E-state index is 8.97. The van der Waals surface area contributed by atoms with Crippen LogP contribution in [0.1, 0.15) is 41.8 Å². The lowest BCUT2D eigenvalue weighted by Crippen LogP contribution is -2.03. The topological polar surface area (TPSA) is 33.1 Å². The molecule has 0 amide bonds. The van der Waals surface area contributed by atoms with Gasteiger partial charge in [-0.25, -0.2) is 4.98 Å². The highest BCUT2D eigenvalue weighted by Crippen LogP contribution is 2.40. The fourth-order valence-corrected chi connectivity index (χ4v) is 3.04. The van der Waals surface area contributed by atoms with Crippen LogP contribution in [0, 0.1) is 5.92 Å². The normalized spacial score (nSPS) is 21.1. The number of fused-ring (bicyclic) bond motifs is 1. The van der Waals surface area contributed by atoms with Gasteiger partial charge in [0.25, 0.3) is 0 Å². The third-order valence-corrected chi connectivity index (χ3v) is 3.86. The smallest absolute Gasteiger partial charge is 0.119 e. The number of aliphatic hydroxyl groups excluding tert-OH is 1. The van der Waals surface area contributed by atoms with Crippen molar-refractivity contribution in [2.45, 2.75) is 39.2 Å². The molecule has 0 aromatic carbocycles. The summed E-state index contributed by atoms with van der Waals surface area (Å²) in [6.07, 6.45) is 2.41. The van der Waals surface area contributed by atoms with Crippen LogP contribution >= 0.6 is 11.3 Å². The zero-order valence-corrected chi connectivity index (χ0v) is 8.90. The van der Waals surface area contributed by atoms with Crippen molar-refractivity contribution in [3.8, 4) is 0 Å². The molecule has 1 aliphatic rings. The highest BCUT2D eigenvalue weighted by Gasteiger charge is 2.28. The van der Waals surface area contributed by atoms with Crippen molar-refractivity contribution >= 4 is 11.3 Å². The van der Waals surface area contributed by atoms with E-state index in [2.05, 4.69) is 18.8 Å². The van der Waals surface area contributed by atoms with Gasteiger partial charge in [-0.2, -0.15) is 0 Å². The summed E-state index contributed by atoms with van der Waals surface area (Å²) in [7, 11) is 0. The highest BCUT2D eigenvalue weighted by atomic mass is 32.1. The van der Waals surface area contributed by atoms with E-state index in [0.717, 1.165) is 11.4 Å². The minimum atomic E-state index is 0.0997. The van der Waals surface area contributed by atoms with Crippen LogP contribution in [-0.2, 0) is 13.0 Å². The monoisotopic (exact) mass is 197 g/mol. The van der Waals surface area contributed by atoms with Crippen LogP contribution in [0.2, 0.25) is 0 Å². The number of nitrogens with zero attached hydrogens (tertiary/aromatic N) is 1. The molecule has 1 heterocycles. The first-order chi connectivity index (χ1) is 6.22. The molecule has 2 nitrogen and oxygen atoms in total. The summed E-state index contributed by atoms with van der Waals surface area (Å²) in [5, 5.41) is 9.85. The van der Waals surface area contributed by atoms with Gasteiger partial charge in [-0.15, -0.1) is 11.3 Å². The summed E-state index contributed by atoms with van der Waals surface area (Å²) < 4.78 is 0. The van der Waals surface area contributed by atoms with Gasteiger partial charge in [0, 0.05) is 10.8 Å². The van der Waals surface area contributed by atoms with E-state index in [1.807, 2.05) is 0 Å². The minimum Gasteiger partial charge on any atom is -0.389 e. The van der Waals surface area contributed by atoms with Crippen molar-refractivity contribution in [3.63, 3.8) is 0 Å². The van der Waals surface area contributed by atoms with E-state index in [0.29, 0.717) is 11.8 Å². The Morgan fingerprint density at radius 3 is 3.00 bits per heavy atom. The van der Waals surface area contributed by atoms with Crippen LogP contribution in [0.5, 0.6) is 0 Å². The second-order valence-corrected chi connectivity index (χ2v) is 5.13. The predicted molar refractivity (Wildman–Crippen MR) is 53.9 cm³/mol. The van der Waals surface area contributed by atoms with Gasteiger partial charge in [-0.05, 0) is 18.8 Å². The molecule has 0 fully saturated rings. The Hall–Kier alpha value is -0.410.